The number of para-hydroxylation sites is 1. The third-order valence-corrected chi connectivity index (χ3v) is 4.12. The normalized spacial score (nSPS) is 15.3. The monoisotopic (exact) mass is 332 g/mol. The third-order valence-electron chi connectivity index (χ3n) is 3.62. The molecule has 1 atom stereocenters. The van der Waals surface area contributed by atoms with Crippen molar-refractivity contribution in [2.24, 2.45) is 5.84 Å². The highest BCUT2D eigenvalue weighted by Crippen LogP contribution is 2.35. The lowest BCUT2D eigenvalue weighted by molar-refractivity contribution is 0.283. The van der Waals surface area contributed by atoms with Crippen molar-refractivity contribution >= 4 is 15.9 Å². The molecule has 0 aliphatic carbocycles. The predicted octanol–water partition coefficient (Wildman–Crippen LogP) is 3.33. The average Bonchev–Trinajstić information content (AvgIpc) is 2.48. The Balaban J connectivity index is 2.06. The van der Waals surface area contributed by atoms with E-state index in [4.69, 9.17) is 10.6 Å². The van der Waals surface area contributed by atoms with E-state index in [9.17, 15) is 0 Å². The molecule has 0 aromatic heterocycles. The number of rotatable bonds is 3. The highest BCUT2D eigenvalue weighted by Gasteiger charge is 2.21. The van der Waals surface area contributed by atoms with E-state index in [2.05, 4.69) is 51.7 Å². The van der Waals surface area contributed by atoms with Crippen molar-refractivity contribution in [3.8, 4) is 5.75 Å². The standard InChI is InChI=1S/C16H17BrN2O/c17-13-7-1-5-12(10-13)15(19-18)14-8-2-4-11-6-3-9-20-16(11)14/h1-2,4-5,7-8,10,15,19H,3,6,9,18H2. The van der Waals surface area contributed by atoms with Crippen LogP contribution in [0.25, 0.3) is 0 Å². The fraction of sp³-hybridized carbons (Fsp3) is 0.250. The molecule has 0 fully saturated rings. The Labute approximate surface area is 127 Å². The van der Waals surface area contributed by atoms with Crippen LogP contribution in [0.5, 0.6) is 5.75 Å². The number of hydrazine groups is 1. The van der Waals surface area contributed by atoms with Gasteiger partial charge in [-0.25, -0.2) is 5.43 Å². The van der Waals surface area contributed by atoms with Crippen LogP contribution in [0.4, 0.5) is 0 Å². The van der Waals surface area contributed by atoms with Gasteiger partial charge in [0.15, 0.2) is 0 Å². The van der Waals surface area contributed by atoms with Gasteiger partial charge in [0.1, 0.15) is 5.75 Å². The summed E-state index contributed by atoms with van der Waals surface area (Å²) in [5.41, 5.74) is 6.39. The molecule has 2 aromatic rings. The fourth-order valence-electron chi connectivity index (χ4n) is 2.69. The number of halogens is 1. The van der Waals surface area contributed by atoms with E-state index >= 15 is 0 Å². The van der Waals surface area contributed by atoms with Crippen molar-refractivity contribution in [1.82, 2.24) is 5.43 Å². The zero-order valence-corrected chi connectivity index (χ0v) is 12.7. The predicted molar refractivity (Wildman–Crippen MR) is 83.6 cm³/mol. The quantitative estimate of drug-likeness (QED) is 0.669. The second-order valence-corrected chi connectivity index (χ2v) is 5.86. The molecule has 3 N–H and O–H groups in total. The van der Waals surface area contributed by atoms with E-state index < -0.39 is 0 Å². The van der Waals surface area contributed by atoms with E-state index in [0.717, 1.165) is 40.8 Å². The molecule has 0 radical (unpaired) electrons. The smallest absolute Gasteiger partial charge is 0.127 e. The van der Waals surface area contributed by atoms with Crippen molar-refractivity contribution < 1.29 is 4.74 Å². The van der Waals surface area contributed by atoms with Crippen LogP contribution in [-0.2, 0) is 6.42 Å². The number of hydrogen-bond donors (Lipinski definition) is 2. The number of aryl methyl sites for hydroxylation is 1. The van der Waals surface area contributed by atoms with Crippen LogP contribution in [-0.4, -0.2) is 6.61 Å². The molecule has 2 aromatic carbocycles. The molecule has 104 valence electrons. The summed E-state index contributed by atoms with van der Waals surface area (Å²) in [5.74, 6) is 6.79. The van der Waals surface area contributed by atoms with Crippen LogP contribution in [0.2, 0.25) is 0 Å². The van der Waals surface area contributed by atoms with Gasteiger partial charge in [-0.05, 0) is 36.1 Å². The van der Waals surface area contributed by atoms with Crippen LogP contribution in [0, 0.1) is 0 Å². The number of fused-ring (bicyclic) bond motifs is 1. The molecule has 1 aliphatic rings. The summed E-state index contributed by atoms with van der Waals surface area (Å²) in [7, 11) is 0. The maximum absolute atomic E-state index is 5.88. The minimum atomic E-state index is -0.0689. The zero-order chi connectivity index (χ0) is 13.9. The van der Waals surface area contributed by atoms with Gasteiger partial charge >= 0.3 is 0 Å². The summed E-state index contributed by atoms with van der Waals surface area (Å²) in [5, 5.41) is 0. The molecule has 0 spiro atoms. The summed E-state index contributed by atoms with van der Waals surface area (Å²) in [4.78, 5) is 0. The van der Waals surface area contributed by atoms with Crippen LogP contribution in [0.1, 0.15) is 29.2 Å². The van der Waals surface area contributed by atoms with Gasteiger partial charge in [0.2, 0.25) is 0 Å². The molecular weight excluding hydrogens is 316 g/mol. The van der Waals surface area contributed by atoms with Gasteiger partial charge in [-0.3, -0.25) is 5.84 Å². The van der Waals surface area contributed by atoms with Crippen LogP contribution in [0.15, 0.2) is 46.9 Å². The lowest BCUT2D eigenvalue weighted by Crippen LogP contribution is -2.29. The summed E-state index contributed by atoms with van der Waals surface area (Å²) in [6, 6.07) is 14.4. The Kier molecular flexibility index (Phi) is 4.05. The van der Waals surface area contributed by atoms with Gasteiger partial charge in [0.25, 0.3) is 0 Å². The first kappa shape index (κ1) is 13.6. The molecule has 1 unspecified atom stereocenters. The van der Waals surface area contributed by atoms with Crippen molar-refractivity contribution in [2.75, 3.05) is 6.61 Å². The van der Waals surface area contributed by atoms with Gasteiger partial charge in [0.05, 0.1) is 12.6 Å². The highest BCUT2D eigenvalue weighted by atomic mass is 79.9. The molecule has 20 heavy (non-hydrogen) atoms. The Morgan fingerprint density at radius 3 is 2.85 bits per heavy atom. The van der Waals surface area contributed by atoms with Crippen molar-refractivity contribution in [1.29, 1.82) is 0 Å². The van der Waals surface area contributed by atoms with E-state index in [1.54, 1.807) is 0 Å². The highest BCUT2D eigenvalue weighted by molar-refractivity contribution is 9.10. The molecule has 0 saturated heterocycles. The molecule has 0 bridgehead atoms. The summed E-state index contributed by atoms with van der Waals surface area (Å²) in [6.07, 6.45) is 2.15. The van der Waals surface area contributed by atoms with Crippen molar-refractivity contribution in [2.45, 2.75) is 18.9 Å². The summed E-state index contributed by atoms with van der Waals surface area (Å²) in [6.45, 7) is 0.778. The maximum Gasteiger partial charge on any atom is 0.127 e. The molecular formula is C16H17BrN2O. The van der Waals surface area contributed by atoms with Crippen molar-refractivity contribution in [3.05, 3.63) is 63.6 Å². The second-order valence-electron chi connectivity index (χ2n) is 4.94. The van der Waals surface area contributed by atoms with E-state index in [1.165, 1.54) is 5.56 Å². The van der Waals surface area contributed by atoms with Gasteiger partial charge in [-0.1, -0.05) is 46.3 Å². The number of benzene rings is 2. The average molecular weight is 333 g/mol. The minimum absolute atomic E-state index is 0.0689. The van der Waals surface area contributed by atoms with E-state index in [1.807, 2.05) is 12.1 Å². The molecule has 4 heteroatoms. The number of hydrogen-bond acceptors (Lipinski definition) is 3. The SMILES string of the molecule is NNC(c1cccc(Br)c1)c1cccc2c1OCCC2. The Morgan fingerprint density at radius 2 is 2.05 bits per heavy atom. The summed E-state index contributed by atoms with van der Waals surface area (Å²) < 4.78 is 6.92. The first-order valence-corrected chi connectivity index (χ1v) is 7.55. The first-order chi connectivity index (χ1) is 9.79. The molecule has 1 aliphatic heterocycles. The Morgan fingerprint density at radius 1 is 1.20 bits per heavy atom. The van der Waals surface area contributed by atoms with Crippen LogP contribution >= 0.6 is 15.9 Å². The van der Waals surface area contributed by atoms with Crippen molar-refractivity contribution in [3.63, 3.8) is 0 Å². The topological polar surface area (TPSA) is 47.3 Å². The number of nitrogens with one attached hydrogen (secondary N) is 1. The maximum atomic E-state index is 5.88. The molecule has 1 heterocycles. The lowest BCUT2D eigenvalue weighted by Gasteiger charge is -2.25. The van der Waals surface area contributed by atoms with Gasteiger partial charge in [0, 0.05) is 10.0 Å². The molecule has 3 rings (SSSR count). The largest absolute Gasteiger partial charge is 0.493 e. The lowest BCUT2D eigenvalue weighted by atomic mass is 9.94. The fourth-order valence-corrected chi connectivity index (χ4v) is 3.11. The zero-order valence-electron chi connectivity index (χ0n) is 11.1. The molecule has 0 amide bonds. The Bertz CT molecular complexity index is 615. The molecule has 3 nitrogen and oxygen atoms in total. The van der Waals surface area contributed by atoms with Gasteiger partial charge < -0.3 is 4.74 Å². The van der Waals surface area contributed by atoms with Crippen LogP contribution < -0.4 is 16.0 Å². The van der Waals surface area contributed by atoms with Gasteiger partial charge in [-0.2, -0.15) is 0 Å². The van der Waals surface area contributed by atoms with Gasteiger partial charge in [-0.15, -0.1) is 0 Å². The number of nitrogens with two attached hydrogens (primary N) is 1. The third kappa shape index (κ3) is 2.59. The minimum Gasteiger partial charge on any atom is -0.493 e. The second kappa shape index (κ2) is 5.95. The Hall–Kier alpha value is -1.36. The van der Waals surface area contributed by atoms with E-state index in [-0.39, 0.29) is 6.04 Å². The van der Waals surface area contributed by atoms with Crippen LogP contribution in [0.3, 0.4) is 0 Å². The van der Waals surface area contributed by atoms with E-state index in [0.29, 0.717) is 0 Å². The first-order valence-electron chi connectivity index (χ1n) is 6.76. The summed E-state index contributed by atoms with van der Waals surface area (Å²) >= 11 is 3.51. The molecule has 0 saturated carbocycles. The number of ether oxygens (including phenoxy) is 1.